The first-order chi connectivity index (χ1) is 14.1. The first kappa shape index (κ1) is 20.5. The Morgan fingerprint density at radius 2 is 1.83 bits per heavy atom. The number of anilines is 1. The number of ether oxygens (including phenoxy) is 1. The van der Waals surface area contributed by atoms with Gasteiger partial charge in [0, 0.05) is 56.4 Å². The fraction of sp³-hybridized carbons (Fsp3) is 0.619. The second-order valence-electron chi connectivity index (χ2n) is 8.11. The number of likely N-dealkylation sites (tertiary alicyclic amines) is 2. The Balaban J connectivity index is 1.29. The van der Waals surface area contributed by atoms with Crippen molar-refractivity contribution in [1.29, 1.82) is 0 Å². The normalized spacial score (nSPS) is 25.2. The maximum absolute atomic E-state index is 13.1. The minimum absolute atomic E-state index is 0.113. The van der Waals surface area contributed by atoms with Gasteiger partial charge in [0.15, 0.2) is 0 Å². The second kappa shape index (κ2) is 8.93. The van der Waals surface area contributed by atoms with Crippen molar-refractivity contribution < 1.29 is 14.3 Å². The summed E-state index contributed by atoms with van der Waals surface area (Å²) in [6.45, 7) is 7.08. The van der Waals surface area contributed by atoms with Gasteiger partial charge in [0.2, 0.25) is 5.91 Å². The van der Waals surface area contributed by atoms with Crippen LogP contribution in [0.25, 0.3) is 0 Å². The van der Waals surface area contributed by atoms with E-state index in [0.29, 0.717) is 13.1 Å². The fourth-order valence-electron chi connectivity index (χ4n) is 4.49. The van der Waals surface area contributed by atoms with Gasteiger partial charge in [-0.05, 0) is 43.4 Å². The lowest BCUT2D eigenvalue weighted by Crippen LogP contribution is -2.44. The zero-order valence-electron chi connectivity index (χ0n) is 17.1. The lowest BCUT2D eigenvalue weighted by Gasteiger charge is -2.29. The SMILES string of the molecule is CSc1ccc(NC(=O)N2CCC3(CCN(CCN4CCOCC4)C3=O)C2)cc1. The van der Waals surface area contributed by atoms with Crippen LogP contribution >= 0.6 is 11.8 Å². The Morgan fingerprint density at radius 3 is 2.55 bits per heavy atom. The van der Waals surface area contributed by atoms with Crippen LogP contribution in [0.1, 0.15) is 12.8 Å². The maximum Gasteiger partial charge on any atom is 0.321 e. The van der Waals surface area contributed by atoms with Crippen molar-refractivity contribution in [2.24, 2.45) is 5.41 Å². The molecular formula is C21H30N4O3S. The van der Waals surface area contributed by atoms with E-state index in [1.807, 2.05) is 35.4 Å². The van der Waals surface area contributed by atoms with Crippen molar-refractivity contribution >= 4 is 29.4 Å². The predicted molar refractivity (Wildman–Crippen MR) is 114 cm³/mol. The highest BCUT2D eigenvalue weighted by Gasteiger charge is 2.51. The van der Waals surface area contributed by atoms with E-state index in [2.05, 4.69) is 10.2 Å². The molecule has 3 heterocycles. The summed E-state index contributed by atoms with van der Waals surface area (Å²) in [7, 11) is 0. The quantitative estimate of drug-likeness (QED) is 0.743. The summed E-state index contributed by atoms with van der Waals surface area (Å²) in [5.74, 6) is 0.227. The lowest BCUT2D eigenvalue weighted by atomic mass is 9.85. The predicted octanol–water partition coefficient (Wildman–Crippen LogP) is 2.20. The second-order valence-corrected chi connectivity index (χ2v) is 8.99. The highest BCUT2D eigenvalue weighted by Crippen LogP contribution is 2.40. The first-order valence-corrected chi connectivity index (χ1v) is 11.6. The van der Waals surface area contributed by atoms with Gasteiger partial charge in [-0.3, -0.25) is 9.69 Å². The van der Waals surface area contributed by atoms with Crippen molar-refractivity contribution in [2.75, 3.05) is 70.6 Å². The highest BCUT2D eigenvalue weighted by molar-refractivity contribution is 7.98. The molecule has 0 aromatic heterocycles. The molecule has 1 N–H and O–H groups in total. The van der Waals surface area contributed by atoms with Crippen LogP contribution in [-0.4, -0.2) is 91.9 Å². The van der Waals surface area contributed by atoms with E-state index >= 15 is 0 Å². The average Bonchev–Trinajstić information content (AvgIpc) is 3.33. The molecule has 0 saturated carbocycles. The third kappa shape index (κ3) is 4.54. The maximum atomic E-state index is 13.1. The fourth-order valence-corrected chi connectivity index (χ4v) is 4.90. The van der Waals surface area contributed by atoms with Crippen molar-refractivity contribution in [3.63, 3.8) is 0 Å². The number of nitrogens with zero attached hydrogens (tertiary/aromatic N) is 3. The molecule has 7 nitrogen and oxygen atoms in total. The number of hydrogen-bond acceptors (Lipinski definition) is 5. The van der Waals surface area contributed by atoms with E-state index in [9.17, 15) is 9.59 Å². The van der Waals surface area contributed by atoms with E-state index in [1.165, 1.54) is 0 Å². The van der Waals surface area contributed by atoms with Crippen molar-refractivity contribution in [3.05, 3.63) is 24.3 Å². The number of amides is 3. The molecule has 4 rings (SSSR count). The summed E-state index contributed by atoms with van der Waals surface area (Å²) in [6, 6.07) is 7.73. The number of morpholine rings is 1. The topological polar surface area (TPSA) is 65.1 Å². The van der Waals surface area contributed by atoms with Gasteiger partial charge >= 0.3 is 6.03 Å². The highest BCUT2D eigenvalue weighted by atomic mass is 32.2. The van der Waals surface area contributed by atoms with Gasteiger partial charge in [0.05, 0.1) is 18.6 Å². The van der Waals surface area contributed by atoms with Gasteiger partial charge in [-0.1, -0.05) is 0 Å². The van der Waals surface area contributed by atoms with Crippen LogP contribution in [0.15, 0.2) is 29.2 Å². The zero-order chi connectivity index (χ0) is 20.3. The van der Waals surface area contributed by atoms with Crippen LogP contribution < -0.4 is 5.32 Å². The van der Waals surface area contributed by atoms with Crippen LogP contribution in [0.2, 0.25) is 0 Å². The molecule has 0 bridgehead atoms. The summed E-state index contributed by atoms with van der Waals surface area (Å²) in [6.07, 6.45) is 3.64. The van der Waals surface area contributed by atoms with Gasteiger partial charge in [0.1, 0.15) is 0 Å². The van der Waals surface area contributed by atoms with E-state index in [4.69, 9.17) is 4.74 Å². The molecule has 8 heteroatoms. The largest absolute Gasteiger partial charge is 0.379 e. The molecule has 1 unspecified atom stereocenters. The number of urea groups is 1. The molecule has 0 aliphatic carbocycles. The third-order valence-electron chi connectivity index (χ3n) is 6.37. The summed E-state index contributed by atoms with van der Waals surface area (Å²) >= 11 is 1.67. The summed E-state index contributed by atoms with van der Waals surface area (Å²) in [5, 5.41) is 2.97. The molecule has 3 saturated heterocycles. The number of hydrogen-bond donors (Lipinski definition) is 1. The molecule has 1 aromatic rings. The number of nitrogens with one attached hydrogen (secondary N) is 1. The van der Waals surface area contributed by atoms with Crippen molar-refractivity contribution in [2.45, 2.75) is 17.7 Å². The minimum Gasteiger partial charge on any atom is -0.379 e. The van der Waals surface area contributed by atoms with Crippen LogP contribution in [0.4, 0.5) is 10.5 Å². The van der Waals surface area contributed by atoms with Crippen molar-refractivity contribution in [1.82, 2.24) is 14.7 Å². The molecule has 29 heavy (non-hydrogen) atoms. The third-order valence-corrected chi connectivity index (χ3v) is 7.12. The van der Waals surface area contributed by atoms with E-state index in [-0.39, 0.29) is 17.4 Å². The number of rotatable bonds is 5. The molecule has 1 aromatic carbocycles. The molecule has 1 spiro atoms. The molecular weight excluding hydrogens is 388 g/mol. The van der Waals surface area contributed by atoms with E-state index in [0.717, 1.165) is 69.4 Å². The molecule has 3 aliphatic heterocycles. The molecule has 3 amide bonds. The summed E-state index contributed by atoms with van der Waals surface area (Å²) in [5.41, 5.74) is 0.407. The number of carbonyl (C=O) groups excluding carboxylic acids is 2. The lowest BCUT2D eigenvalue weighted by molar-refractivity contribution is -0.135. The summed E-state index contributed by atoms with van der Waals surface area (Å²) < 4.78 is 5.39. The van der Waals surface area contributed by atoms with Crippen LogP contribution in [0.5, 0.6) is 0 Å². The number of carbonyl (C=O) groups is 2. The van der Waals surface area contributed by atoms with Gasteiger partial charge in [0.25, 0.3) is 0 Å². The summed E-state index contributed by atoms with van der Waals surface area (Å²) in [4.78, 5) is 33.1. The number of benzene rings is 1. The Labute approximate surface area is 176 Å². The monoisotopic (exact) mass is 418 g/mol. The Morgan fingerprint density at radius 1 is 1.10 bits per heavy atom. The Bertz CT molecular complexity index is 738. The first-order valence-electron chi connectivity index (χ1n) is 10.4. The van der Waals surface area contributed by atoms with Gasteiger partial charge in [-0.15, -0.1) is 11.8 Å². The Kier molecular flexibility index (Phi) is 6.32. The standard InChI is InChI=1S/C21H30N4O3S/c1-29-18-4-2-17(3-5-18)22-20(27)25-9-7-21(16-25)6-8-24(19(21)26)11-10-23-12-14-28-15-13-23/h2-5H,6-16H2,1H3,(H,22,27). The van der Waals surface area contributed by atoms with Gasteiger partial charge in [-0.2, -0.15) is 0 Å². The zero-order valence-corrected chi connectivity index (χ0v) is 17.9. The number of thioether (sulfide) groups is 1. The minimum atomic E-state index is -0.384. The molecule has 3 fully saturated rings. The van der Waals surface area contributed by atoms with Crippen LogP contribution in [-0.2, 0) is 9.53 Å². The molecule has 3 aliphatic rings. The average molecular weight is 419 g/mol. The van der Waals surface area contributed by atoms with Gasteiger partial charge < -0.3 is 19.9 Å². The smallest absolute Gasteiger partial charge is 0.321 e. The van der Waals surface area contributed by atoms with Gasteiger partial charge in [-0.25, -0.2) is 4.79 Å². The van der Waals surface area contributed by atoms with E-state index < -0.39 is 0 Å². The molecule has 1 atom stereocenters. The molecule has 158 valence electrons. The molecule has 0 radical (unpaired) electrons. The van der Waals surface area contributed by atoms with Crippen molar-refractivity contribution in [3.8, 4) is 0 Å². The van der Waals surface area contributed by atoms with Crippen LogP contribution in [0.3, 0.4) is 0 Å². The Hall–Kier alpha value is -1.77. The van der Waals surface area contributed by atoms with Crippen LogP contribution in [0, 0.1) is 5.41 Å². The van der Waals surface area contributed by atoms with E-state index in [1.54, 1.807) is 16.7 Å².